The van der Waals surface area contributed by atoms with Crippen molar-refractivity contribution in [2.75, 3.05) is 31.2 Å². The molecule has 3 aliphatic rings. The van der Waals surface area contributed by atoms with Crippen LogP contribution in [0.5, 0.6) is 0 Å². The summed E-state index contributed by atoms with van der Waals surface area (Å²) >= 11 is 0. The molecule has 0 bridgehead atoms. The molecule has 4 rings (SSSR count). The highest BCUT2D eigenvalue weighted by molar-refractivity contribution is 5.76. The zero-order valence-corrected chi connectivity index (χ0v) is 15.6. The van der Waals surface area contributed by atoms with Crippen molar-refractivity contribution in [2.45, 2.75) is 63.8 Å². The Morgan fingerprint density at radius 3 is 2.77 bits per heavy atom. The monoisotopic (exact) mass is 358 g/mol. The van der Waals surface area contributed by atoms with E-state index in [-0.39, 0.29) is 11.9 Å². The lowest BCUT2D eigenvalue weighted by Gasteiger charge is -2.30. The van der Waals surface area contributed by atoms with E-state index in [1.165, 1.54) is 32.1 Å². The van der Waals surface area contributed by atoms with Gasteiger partial charge in [0.05, 0.1) is 24.9 Å². The number of anilines is 1. The maximum atomic E-state index is 12.5. The summed E-state index contributed by atoms with van der Waals surface area (Å²) in [5.41, 5.74) is 2.22. The normalized spacial score (nSPS) is 24.2. The number of morpholine rings is 1. The van der Waals surface area contributed by atoms with Crippen LogP contribution in [0.3, 0.4) is 0 Å². The number of nitrogens with one attached hydrogen (secondary N) is 1. The molecule has 2 heterocycles. The maximum absolute atomic E-state index is 12.5. The van der Waals surface area contributed by atoms with E-state index in [1.807, 2.05) is 6.20 Å². The Morgan fingerprint density at radius 1 is 1.15 bits per heavy atom. The average Bonchev–Trinajstić information content (AvgIpc) is 2.69. The van der Waals surface area contributed by atoms with Gasteiger partial charge in [-0.3, -0.25) is 4.79 Å². The zero-order valence-electron chi connectivity index (χ0n) is 15.6. The number of aryl methyl sites for hydroxylation is 1. The Morgan fingerprint density at radius 2 is 1.96 bits per heavy atom. The van der Waals surface area contributed by atoms with Gasteiger partial charge < -0.3 is 15.0 Å². The molecular weight excluding hydrogens is 328 g/mol. The lowest BCUT2D eigenvalue weighted by molar-refractivity contribution is -0.123. The first-order chi connectivity index (χ1) is 12.8. The fourth-order valence-corrected chi connectivity index (χ4v) is 4.51. The Bertz CT molecular complexity index is 624. The summed E-state index contributed by atoms with van der Waals surface area (Å²) < 4.78 is 5.41. The Kier molecular flexibility index (Phi) is 5.68. The predicted molar refractivity (Wildman–Crippen MR) is 100 cm³/mol. The fraction of sp³-hybridized carbons (Fsp3) is 0.750. The van der Waals surface area contributed by atoms with Crippen molar-refractivity contribution in [3.63, 3.8) is 0 Å². The molecule has 1 amide bonds. The van der Waals surface area contributed by atoms with Crippen molar-refractivity contribution in [2.24, 2.45) is 5.92 Å². The van der Waals surface area contributed by atoms with Crippen LogP contribution in [0.15, 0.2) is 6.20 Å². The second-order valence-electron chi connectivity index (χ2n) is 7.89. The molecule has 6 heteroatoms. The van der Waals surface area contributed by atoms with Gasteiger partial charge in [-0.25, -0.2) is 9.97 Å². The molecule has 1 aliphatic heterocycles. The van der Waals surface area contributed by atoms with Crippen molar-refractivity contribution >= 4 is 11.9 Å². The number of aromatic nitrogens is 2. The number of rotatable bonds is 4. The molecule has 142 valence electrons. The number of ether oxygens (including phenoxy) is 1. The number of hydrogen-bond acceptors (Lipinski definition) is 5. The van der Waals surface area contributed by atoms with E-state index in [4.69, 9.17) is 9.72 Å². The summed E-state index contributed by atoms with van der Waals surface area (Å²) in [6.45, 7) is 3.17. The molecule has 1 N–H and O–H groups in total. The van der Waals surface area contributed by atoms with Crippen LogP contribution in [0.4, 0.5) is 5.95 Å². The first kappa shape index (κ1) is 17.7. The fourth-order valence-electron chi connectivity index (χ4n) is 4.51. The van der Waals surface area contributed by atoms with Gasteiger partial charge >= 0.3 is 0 Å². The minimum Gasteiger partial charge on any atom is -0.378 e. The molecule has 2 aliphatic carbocycles. The highest BCUT2D eigenvalue weighted by Gasteiger charge is 2.26. The smallest absolute Gasteiger partial charge is 0.225 e. The van der Waals surface area contributed by atoms with E-state index >= 15 is 0 Å². The quantitative estimate of drug-likeness (QED) is 0.896. The van der Waals surface area contributed by atoms with Gasteiger partial charge in [-0.05, 0) is 38.0 Å². The molecule has 0 radical (unpaired) electrons. The van der Waals surface area contributed by atoms with Gasteiger partial charge in [0.15, 0.2) is 0 Å². The highest BCUT2D eigenvalue weighted by Crippen LogP contribution is 2.31. The molecule has 0 aromatic carbocycles. The Hall–Kier alpha value is -1.69. The van der Waals surface area contributed by atoms with E-state index < -0.39 is 0 Å². The zero-order chi connectivity index (χ0) is 17.8. The van der Waals surface area contributed by atoms with Crippen LogP contribution in [0.1, 0.15) is 68.7 Å². The van der Waals surface area contributed by atoms with Gasteiger partial charge in [-0.1, -0.05) is 19.3 Å². The third-order valence-electron chi connectivity index (χ3n) is 6.00. The second-order valence-corrected chi connectivity index (χ2v) is 7.89. The Labute approximate surface area is 155 Å². The third-order valence-corrected chi connectivity index (χ3v) is 6.00. The molecule has 1 aromatic rings. The van der Waals surface area contributed by atoms with Crippen molar-refractivity contribution in [3.8, 4) is 0 Å². The van der Waals surface area contributed by atoms with E-state index in [1.54, 1.807) is 0 Å². The third kappa shape index (κ3) is 4.17. The summed E-state index contributed by atoms with van der Waals surface area (Å²) in [4.78, 5) is 24.1. The standard InChI is InChI=1S/C20H30N4O2/c25-19(13-15-5-2-1-3-6-15)22-17-7-4-8-18-16(17)14-21-20(23-18)24-9-11-26-12-10-24/h14-15,17H,1-13H2,(H,22,25)/t17-/m0/s1. The number of carbonyl (C=O) groups excluding carboxylic acids is 1. The molecular formula is C20H30N4O2. The van der Waals surface area contributed by atoms with Gasteiger partial charge in [0.1, 0.15) is 0 Å². The molecule has 26 heavy (non-hydrogen) atoms. The van der Waals surface area contributed by atoms with Gasteiger partial charge in [0.2, 0.25) is 11.9 Å². The van der Waals surface area contributed by atoms with Crippen LogP contribution in [0.2, 0.25) is 0 Å². The van der Waals surface area contributed by atoms with Crippen LogP contribution < -0.4 is 10.2 Å². The van der Waals surface area contributed by atoms with Crippen molar-refractivity contribution < 1.29 is 9.53 Å². The van der Waals surface area contributed by atoms with Crippen LogP contribution in [0.25, 0.3) is 0 Å². The van der Waals surface area contributed by atoms with Crippen molar-refractivity contribution in [1.29, 1.82) is 0 Å². The number of nitrogens with zero attached hydrogens (tertiary/aromatic N) is 3. The summed E-state index contributed by atoms with van der Waals surface area (Å²) in [6, 6.07) is 0.0774. The molecule has 2 fully saturated rings. The van der Waals surface area contributed by atoms with E-state index in [9.17, 15) is 4.79 Å². The van der Waals surface area contributed by atoms with E-state index in [2.05, 4.69) is 15.2 Å². The van der Waals surface area contributed by atoms with E-state index in [0.717, 1.165) is 62.8 Å². The molecule has 0 spiro atoms. The maximum Gasteiger partial charge on any atom is 0.225 e. The van der Waals surface area contributed by atoms with Crippen LogP contribution in [0, 0.1) is 5.92 Å². The van der Waals surface area contributed by atoms with Crippen molar-refractivity contribution in [1.82, 2.24) is 15.3 Å². The molecule has 1 saturated heterocycles. The second kappa shape index (κ2) is 8.33. The minimum atomic E-state index is 0.0774. The lowest BCUT2D eigenvalue weighted by Crippen LogP contribution is -2.38. The Balaban J connectivity index is 1.40. The molecule has 1 atom stereocenters. The molecule has 1 aromatic heterocycles. The minimum absolute atomic E-state index is 0.0774. The SMILES string of the molecule is O=C(CC1CCCCC1)N[C@H]1CCCc2nc(N3CCOCC3)ncc21. The average molecular weight is 358 g/mol. The number of amides is 1. The van der Waals surface area contributed by atoms with Crippen LogP contribution in [-0.4, -0.2) is 42.2 Å². The summed E-state index contributed by atoms with van der Waals surface area (Å²) in [6.07, 6.45) is 12.0. The van der Waals surface area contributed by atoms with Crippen molar-refractivity contribution in [3.05, 3.63) is 17.5 Å². The molecule has 0 unspecified atom stereocenters. The van der Waals surface area contributed by atoms with Gasteiger partial charge in [-0.15, -0.1) is 0 Å². The lowest BCUT2D eigenvalue weighted by atomic mass is 9.86. The first-order valence-electron chi connectivity index (χ1n) is 10.3. The van der Waals surface area contributed by atoms with Gasteiger partial charge in [0, 0.05) is 31.3 Å². The van der Waals surface area contributed by atoms with Gasteiger partial charge in [0.25, 0.3) is 0 Å². The van der Waals surface area contributed by atoms with Crippen LogP contribution >= 0.6 is 0 Å². The summed E-state index contributed by atoms with van der Waals surface area (Å²) in [5.74, 6) is 1.58. The number of fused-ring (bicyclic) bond motifs is 1. The number of carbonyl (C=O) groups is 1. The largest absolute Gasteiger partial charge is 0.378 e. The molecule has 6 nitrogen and oxygen atoms in total. The summed E-state index contributed by atoms with van der Waals surface area (Å²) in [7, 11) is 0. The van der Waals surface area contributed by atoms with E-state index in [0.29, 0.717) is 12.3 Å². The predicted octanol–water partition coefficient (Wildman–Crippen LogP) is 2.78. The molecule has 1 saturated carbocycles. The van der Waals surface area contributed by atoms with Gasteiger partial charge in [-0.2, -0.15) is 0 Å². The number of hydrogen-bond donors (Lipinski definition) is 1. The topological polar surface area (TPSA) is 67.4 Å². The summed E-state index contributed by atoms with van der Waals surface area (Å²) in [5, 5.41) is 3.27. The van der Waals surface area contributed by atoms with Crippen LogP contribution in [-0.2, 0) is 16.0 Å². The first-order valence-corrected chi connectivity index (χ1v) is 10.3. The highest BCUT2D eigenvalue weighted by atomic mass is 16.5.